The molecule has 0 saturated heterocycles. The third-order valence-electron chi connectivity index (χ3n) is 4.71. The molecule has 146 valence electrons. The van der Waals surface area contributed by atoms with Crippen LogP contribution < -0.4 is 14.2 Å². The molecule has 0 heterocycles. The Morgan fingerprint density at radius 1 is 1.04 bits per heavy atom. The van der Waals surface area contributed by atoms with Crippen LogP contribution in [0, 0.1) is 13.8 Å². The Balaban J connectivity index is 2.11. The fraction of sp³-hybridized carbons (Fsp3) is 0.409. The summed E-state index contributed by atoms with van der Waals surface area (Å²) in [5, 5.41) is 0. The summed E-state index contributed by atoms with van der Waals surface area (Å²) in [6.45, 7) is 6.47. The molecule has 0 aromatic heterocycles. The quantitative estimate of drug-likeness (QED) is 0.700. The first kappa shape index (κ1) is 20.6. The van der Waals surface area contributed by atoms with Gasteiger partial charge in [-0.05, 0) is 55.2 Å². The highest BCUT2D eigenvalue weighted by Gasteiger charge is 2.23. The zero-order valence-corrected chi connectivity index (χ0v) is 17.0. The summed E-state index contributed by atoms with van der Waals surface area (Å²) in [6, 6.07) is 11.5. The minimum atomic E-state index is -0.518. The van der Waals surface area contributed by atoms with Crippen LogP contribution in [-0.4, -0.2) is 38.2 Å². The lowest BCUT2D eigenvalue weighted by atomic mass is 10.1. The lowest BCUT2D eigenvalue weighted by molar-refractivity contribution is -0.138. The van der Waals surface area contributed by atoms with Crippen molar-refractivity contribution in [1.82, 2.24) is 4.90 Å². The number of ether oxygens (including phenoxy) is 3. The van der Waals surface area contributed by atoms with Crippen molar-refractivity contribution >= 4 is 5.91 Å². The molecule has 0 aliphatic carbocycles. The number of likely N-dealkylation sites (N-methyl/N-ethyl adjacent to an activating group) is 1. The van der Waals surface area contributed by atoms with Gasteiger partial charge in [-0.1, -0.05) is 25.1 Å². The molecule has 1 atom stereocenters. The van der Waals surface area contributed by atoms with E-state index in [0.717, 1.165) is 22.4 Å². The molecule has 27 heavy (non-hydrogen) atoms. The number of carbonyl (C=O) groups is 1. The van der Waals surface area contributed by atoms with Gasteiger partial charge in [0, 0.05) is 13.6 Å². The number of carbonyl (C=O) groups excluding carboxylic acids is 1. The fourth-order valence-corrected chi connectivity index (χ4v) is 2.89. The molecule has 0 N–H and O–H groups in total. The second-order valence-corrected chi connectivity index (χ2v) is 6.60. The second-order valence-electron chi connectivity index (χ2n) is 6.60. The average Bonchev–Trinajstić information content (AvgIpc) is 2.68. The highest BCUT2D eigenvalue weighted by Crippen LogP contribution is 2.28. The molecule has 0 radical (unpaired) electrons. The fourth-order valence-electron chi connectivity index (χ4n) is 2.89. The normalized spacial score (nSPS) is 11.6. The largest absolute Gasteiger partial charge is 0.493 e. The lowest BCUT2D eigenvalue weighted by Gasteiger charge is -2.25. The Kier molecular flexibility index (Phi) is 7.11. The van der Waals surface area contributed by atoms with Gasteiger partial charge in [0.05, 0.1) is 14.2 Å². The number of hydrogen-bond donors (Lipinski definition) is 0. The van der Waals surface area contributed by atoms with Gasteiger partial charge in [0.1, 0.15) is 5.75 Å². The van der Waals surface area contributed by atoms with Crippen molar-refractivity contribution in [2.75, 3.05) is 21.3 Å². The van der Waals surface area contributed by atoms with Crippen LogP contribution in [0.1, 0.15) is 30.0 Å². The van der Waals surface area contributed by atoms with Gasteiger partial charge in [-0.3, -0.25) is 4.79 Å². The van der Waals surface area contributed by atoms with E-state index in [1.807, 2.05) is 57.2 Å². The standard InChI is InChI=1S/C22H29NO4/c1-7-18(27-19-10-8-9-15(2)16(19)3)22(24)23(4)14-17-11-12-20(25-5)21(13-17)26-6/h8-13,18H,7,14H2,1-6H3. The van der Waals surface area contributed by atoms with Crippen LogP contribution in [0.5, 0.6) is 17.2 Å². The van der Waals surface area contributed by atoms with Crippen molar-refractivity contribution in [3.63, 3.8) is 0 Å². The molecule has 0 fully saturated rings. The predicted molar refractivity (Wildman–Crippen MR) is 107 cm³/mol. The molecular formula is C22H29NO4. The maximum atomic E-state index is 12.9. The third-order valence-corrected chi connectivity index (χ3v) is 4.71. The van der Waals surface area contributed by atoms with Gasteiger partial charge in [0.15, 0.2) is 17.6 Å². The number of rotatable bonds is 8. The van der Waals surface area contributed by atoms with E-state index in [4.69, 9.17) is 14.2 Å². The third kappa shape index (κ3) is 4.94. The van der Waals surface area contributed by atoms with Crippen molar-refractivity contribution in [3.05, 3.63) is 53.1 Å². The first-order valence-electron chi connectivity index (χ1n) is 9.10. The Bertz CT molecular complexity index is 788. The van der Waals surface area contributed by atoms with Gasteiger partial charge >= 0.3 is 0 Å². The summed E-state index contributed by atoms with van der Waals surface area (Å²) >= 11 is 0. The first-order valence-corrected chi connectivity index (χ1v) is 9.10. The number of aryl methyl sites for hydroxylation is 1. The van der Waals surface area contributed by atoms with Crippen LogP contribution in [0.15, 0.2) is 36.4 Å². The maximum absolute atomic E-state index is 12.9. The molecule has 5 heteroatoms. The molecule has 1 amide bonds. The monoisotopic (exact) mass is 371 g/mol. The molecule has 0 spiro atoms. The van der Waals surface area contributed by atoms with Gasteiger partial charge in [-0.2, -0.15) is 0 Å². The summed E-state index contributed by atoms with van der Waals surface area (Å²) < 4.78 is 16.6. The molecule has 2 rings (SSSR count). The smallest absolute Gasteiger partial charge is 0.263 e. The van der Waals surface area contributed by atoms with Crippen LogP contribution in [0.4, 0.5) is 0 Å². The van der Waals surface area contributed by atoms with Gasteiger partial charge in [-0.25, -0.2) is 0 Å². The molecule has 0 aliphatic rings. The molecular weight excluding hydrogens is 342 g/mol. The predicted octanol–water partition coefficient (Wildman–Crippen LogP) is 4.14. The number of hydrogen-bond acceptors (Lipinski definition) is 4. The van der Waals surface area contributed by atoms with Crippen LogP contribution in [0.2, 0.25) is 0 Å². The van der Waals surface area contributed by atoms with E-state index in [9.17, 15) is 4.79 Å². The van der Waals surface area contributed by atoms with Crippen LogP contribution >= 0.6 is 0 Å². The van der Waals surface area contributed by atoms with Crippen molar-refractivity contribution in [1.29, 1.82) is 0 Å². The first-order chi connectivity index (χ1) is 12.9. The topological polar surface area (TPSA) is 48.0 Å². The molecule has 2 aromatic carbocycles. The minimum Gasteiger partial charge on any atom is -0.493 e. The molecule has 0 saturated carbocycles. The Hall–Kier alpha value is -2.69. The van der Waals surface area contributed by atoms with E-state index < -0.39 is 6.10 Å². The Labute approximate surface area is 161 Å². The zero-order chi connectivity index (χ0) is 20.0. The van der Waals surface area contributed by atoms with Gasteiger partial charge in [0.25, 0.3) is 5.91 Å². The summed E-state index contributed by atoms with van der Waals surface area (Å²) in [5.41, 5.74) is 3.17. The highest BCUT2D eigenvalue weighted by atomic mass is 16.5. The Morgan fingerprint density at radius 3 is 2.37 bits per heavy atom. The van der Waals surface area contributed by atoms with Gasteiger partial charge in [0.2, 0.25) is 0 Å². The summed E-state index contributed by atoms with van der Waals surface area (Å²) in [7, 11) is 4.99. The summed E-state index contributed by atoms with van der Waals surface area (Å²) in [6.07, 6.45) is 0.0818. The highest BCUT2D eigenvalue weighted by molar-refractivity contribution is 5.81. The lowest BCUT2D eigenvalue weighted by Crippen LogP contribution is -2.39. The van der Waals surface area contributed by atoms with E-state index in [-0.39, 0.29) is 5.91 Å². The number of benzene rings is 2. The van der Waals surface area contributed by atoms with Crippen molar-refractivity contribution in [2.45, 2.75) is 39.8 Å². The van der Waals surface area contributed by atoms with Gasteiger partial charge in [-0.15, -0.1) is 0 Å². The average molecular weight is 371 g/mol. The molecule has 0 aliphatic heterocycles. The van der Waals surface area contributed by atoms with E-state index in [2.05, 4.69) is 0 Å². The van der Waals surface area contributed by atoms with E-state index in [1.165, 1.54) is 0 Å². The number of methoxy groups -OCH3 is 2. The van der Waals surface area contributed by atoms with Crippen molar-refractivity contribution in [2.24, 2.45) is 0 Å². The van der Waals surface area contributed by atoms with E-state index >= 15 is 0 Å². The number of nitrogens with zero attached hydrogens (tertiary/aromatic N) is 1. The molecule has 0 bridgehead atoms. The van der Waals surface area contributed by atoms with E-state index in [0.29, 0.717) is 24.5 Å². The molecule has 5 nitrogen and oxygen atoms in total. The van der Waals surface area contributed by atoms with Crippen LogP contribution in [-0.2, 0) is 11.3 Å². The second kappa shape index (κ2) is 9.31. The van der Waals surface area contributed by atoms with Crippen LogP contribution in [0.3, 0.4) is 0 Å². The van der Waals surface area contributed by atoms with Gasteiger partial charge < -0.3 is 19.1 Å². The summed E-state index contributed by atoms with van der Waals surface area (Å²) in [4.78, 5) is 14.6. The number of amides is 1. The maximum Gasteiger partial charge on any atom is 0.263 e. The van der Waals surface area contributed by atoms with Crippen molar-refractivity contribution in [3.8, 4) is 17.2 Å². The van der Waals surface area contributed by atoms with E-state index in [1.54, 1.807) is 26.2 Å². The molecule has 2 aromatic rings. The van der Waals surface area contributed by atoms with Crippen LogP contribution in [0.25, 0.3) is 0 Å². The molecule has 1 unspecified atom stereocenters. The summed E-state index contributed by atoms with van der Waals surface area (Å²) in [5.74, 6) is 2.03. The zero-order valence-electron chi connectivity index (χ0n) is 17.0. The Morgan fingerprint density at radius 2 is 1.74 bits per heavy atom. The van der Waals surface area contributed by atoms with Crippen molar-refractivity contribution < 1.29 is 19.0 Å². The minimum absolute atomic E-state index is 0.0480. The SMILES string of the molecule is CCC(Oc1cccc(C)c1C)C(=O)N(C)Cc1ccc(OC)c(OC)c1.